The molecule has 1 fully saturated rings. The molecule has 3 nitrogen and oxygen atoms in total. The van der Waals surface area contributed by atoms with E-state index in [1.807, 2.05) is 6.08 Å². The molecule has 3 heteroatoms. The van der Waals surface area contributed by atoms with Gasteiger partial charge in [0.25, 0.3) is 0 Å². The van der Waals surface area contributed by atoms with Gasteiger partial charge >= 0.3 is 0 Å². The smallest absolute Gasteiger partial charge is 0.0883 e. The summed E-state index contributed by atoms with van der Waals surface area (Å²) in [6.07, 6.45) is 7.41. The lowest BCUT2D eigenvalue weighted by molar-refractivity contribution is 0.354. The van der Waals surface area contributed by atoms with Crippen LogP contribution in [0.5, 0.6) is 0 Å². The fourth-order valence-electron chi connectivity index (χ4n) is 1.59. The Labute approximate surface area is 86.6 Å². The lowest BCUT2D eigenvalue weighted by Gasteiger charge is -2.23. The maximum absolute atomic E-state index is 9.52. The zero-order valence-electron chi connectivity index (χ0n) is 9.05. The van der Waals surface area contributed by atoms with Crippen molar-refractivity contribution < 1.29 is 5.11 Å². The summed E-state index contributed by atoms with van der Waals surface area (Å²) in [5.41, 5.74) is 0. The molecule has 0 aromatic heterocycles. The molecule has 1 heterocycles. The molecule has 0 aromatic carbocycles. The molecule has 0 atom stereocenters. The molecule has 0 bridgehead atoms. The van der Waals surface area contributed by atoms with Crippen molar-refractivity contribution in [3.63, 3.8) is 0 Å². The van der Waals surface area contributed by atoms with Crippen LogP contribution in [0.4, 0.5) is 0 Å². The standard InChI is InChI=1S/C11H22N2O/c1-2-3-5-10(14)6-7-11-12-8-4-9-13-11/h6,11-14H,2-5,7-9H2,1H3/b10-6+. The maximum atomic E-state index is 9.52. The number of allylic oxidation sites excluding steroid dienone is 1. The van der Waals surface area contributed by atoms with Crippen LogP contribution in [-0.4, -0.2) is 24.4 Å². The molecule has 1 aliphatic rings. The highest BCUT2D eigenvalue weighted by molar-refractivity contribution is 4.93. The quantitative estimate of drug-likeness (QED) is 0.591. The second-order valence-electron chi connectivity index (χ2n) is 3.85. The number of hydrogen-bond acceptors (Lipinski definition) is 3. The monoisotopic (exact) mass is 198 g/mol. The van der Waals surface area contributed by atoms with Gasteiger partial charge in [-0.15, -0.1) is 0 Å². The minimum atomic E-state index is 0.354. The second-order valence-corrected chi connectivity index (χ2v) is 3.85. The molecule has 0 saturated carbocycles. The zero-order chi connectivity index (χ0) is 10.2. The van der Waals surface area contributed by atoms with Crippen molar-refractivity contribution in [2.75, 3.05) is 13.1 Å². The molecule has 0 radical (unpaired) electrons. The summed E-state index contributed by atoms with van der Waals surface area (Å²) in [4.78, 5) is 0. The predicted octanol–water partition coefficient (Wildman–Crippen LogP) is 1.92. The molecule has 1 saturated heterocycles. The third-order valence-electron chi connectivity index (χ3n) is 2.51. The Morgan fingerprint density at radius 2 is 2.14 bits per heavy atom. The number of hydrogen-bond donors (Lipinski definition) is 3. The second kappa shape index (κ2) is 6.85. The lowest BCUT2D eigenvalue weighted by Crippen LogP contribution is -2.47. The number of unbranched alkanes of at least 4 members (excludes halogenated alkanes) is 1. The molecule has 1 aliphatic heterocycles. The number of aliphatic hydroxyl groups is 1. The lowest BCUT2D eigenvalue weighted by atomic mass is 10.2. The van der Waals surface area contributed by atoms with E-state index in [4.69, 9.17) is 0 Å². The molecule has 82 valence electrons. The summed E-state index contributed by atoms with van der Waals surface area (Å²) in [5.74, 6) is 0.543. The van der Waals surface area contributed by atoms with E-state index in [9.17, 15) is 5.11 Å². The van der Waals surface area contributed by atoms with Crippen LogP contribution >= 0.6 is 0 Å². The minimum absolute atomic E-state index is 0.354. The van der Waals surface area contributed by atoms with Crippen LogP contribution < -0.4 is 10.6 Å². The molecule has 0 spiro atoms. The third-order valence-corrected chi connectivity index (χ3v) is 2.51. The highest BCUT2D eigenvalue weighted by Gasteiger charge is 2.09. The van der Waals surface area contributed by atoms with Crippen LogP contribution in [0.3, 0.4) is 0 Å². The Kier molecular flexibility index (Phi) is 5.64. The molecule has 0 amide bonds. The van der Waals surface area contributed by atoms with Crippen LogP contribution in [-0.2, 0) is 0 Å². The van der Waals surface area contributed by atoms with Crippen molar-refractivity contribution in [3.8, 4) is 0 Å². The largest absolute Gasteiger partial charge is 0.513 e. The fraction of sp³-hybridized carbons (Fsp3) is 0.818. The summed E-state index contributed by atoms with van der Waals surface area (Å²) in [6.45, 7) is 4.31. The van der Waals surface area contributed by atoms with Gasteiger partial charge in [0, 0.05) is 6.42 Å². The topological polar surface area (TPSA) is 44.3 Å². The van der Waals surface area contributed by atoms with Gasteiger partial charge in [-0.05, 0) is 38.4 Å². The first-order chi connectivity index (χ1) is 6.83. The highest BCUT2D eigenvalue weighted by atomic mass is 16.3. The van der Waals surface area contributed by atoms with Gasteiger partial charge in [-0.25, -0.2) is 0 Å². The SMILES string of the molecule is CCCC/C(O)=C\CC1NCCCN1. The van der Waals surface area contributed by atoms with Gasteiger partial charge in [0.2, 0.25) is 0 Å². The van der Waals surface area contributed by atoms with E-state index in [-0.39, 0.29) is 0 Å². The minimum Gasteiger partial charge on any atom is -0.513 e. The zero-order valence-corrected chi connectivity index (χ0v) is 9.05. The van der Waals surface area contributed by atoms with Crippen molar-refractivity contribution >= 4 is 0 Å². The van der Waals surface area contributed by atoms with Gasteiger partial charge in [0.05, 0.1) is 11.9 Å². The number of nitrogens with one attached hydrogen (secondary N) is 2. The first-order valence-corrected chi connectivity index (χ1v) is 5.67. The molecule has 0 aromatic rings. The number of aliphatic hydroxyl groups excluding tert-OH is 1. The molecule has 1 rings (SSSR count). The number of rotatable bonds is 5. The molecule has 14 heavy (non-hydrogen) atoms. The summed E-state index contributed by atoms with van der Waals surface area (Å²) in [7, 11) is 0. The van der Waals surface area contributed by atoms with Gasteiger partial charge in [0.1, 0.15) is 0 Å². The van der Waals surface area contributed by atoms with Gasteiger partial charge in [-0.2, -0.15) is 0 Å². The normalized spacial score (nSPS) is 19.9. The van der Waals surface area contributed by atoms with E-state index in [1.165, 1.54) is 6.42 Å². The molecular formula is C11H22N2O. The Morgan fingerprint density at radius 3 is 2.79 bits per heavy atom. The summed E-state index contributed by atoms with van der Waals surface area (Å²) < 4.78 is 0. The molecule has 3 N–H and O–H groups in total. The Hall–Kier alpha value is -0.540. The first-order valence-electron chi connectivity index (χ1n) is 5.67. The Bertz CT molecular complexity index is 174. The van der Waals surface area contributed by atoms with E-state index >= 15 is 0 Å². The van der Waals surface area contributed by atoms with Crippen molar-refractivity contribution in [2.24, 2.45) is 0 Å². The van der Waals surface area contributed by atoms with Crippen molar-refractivity contribution in [1.29, 1.82) is 0 Å². The molecular weight excluding hydrogens is 176 g/mol. The van der Waals surface area contributed by atoms with E-state index in [2.05, 4.69) is 17.6 Å². The van der Waals surface area contributed by atoms with Crippen LogP contribution in [0, 0.1) is 0 Å². The first kappa shape index (κ1) is 11.5. The average molecular weight is 198 g/mol. The molecule has 0 unspecified atom stereocenters. The fourth-order valence-corrected chi connectivity index (χ4v) is 1.59. The maximum Gasteiger partial charge on any atom is 0.0883 e. The summed E-state index contributed by atoms with van der Waals surface area (Å²) in [5, 5.41) is 16.2. The van der Waals surface area contributed by atoms with Gasteiger partial charge in [-0.1, -0.05) is 13.3 Å². The van der Waals surface area contributed by atoms with E-state index in [0.29, 0.717) is 11.9 Å². The van der Waals surface area contributed by atoms with E-state index < -0.39 is 0 Å². The molecule has 0 aliphatic carbocycles. The summed E-state index contributed by atoms with van der Waals surface area (Å²) >= 11 is 0. The highest BCUT2D eigenvalue weighted by Crippen LogP contribution is 2.06. The van der Waals surface area contributed by atoms with Gasteiger partial charge < -0.3 is 15.7 Å². The van der Waals surface area contributed by atoms with Gasteiger partial charge in [-0.3, -0.25) is 0 Å². The third kappa shape index (κ3) is 4.63. The van der Waals surface area contributed by atoms with Crippen molar-refractivity contribution in [3.05, 3.63) is 11.8 Å². The predicted molar refractivity (Wildman–Crippen MR) is 59.3 cm³/mol. The van der Waals surface area contributed by atoms with Crippen LogP contribution in [0.15, 0.2) is 11.8 Å². The van der Waals surface area contributed by atoms with Crippen molar-refractivity contribution in [2.45, 2.75) is 45.2 Å². The van der Waals surface area contributed by atoms with Gasteiger partial charge in [0.15, 0.2) is 0 Å². The Balaban J connectivity index is 2.15. The van der Waals surface area contributed by atoms with Crippen molar-refractivity contribution in [1.82, 2.24) is 10.6 Å². The van der Waals surface area contributed by atoms with E-state index in [1.54, 1.807) is 0 Å². The average Bonchev–Trinajstić information content (AvgIpc) is 2.25. The van der Waals surface area contributed by atoms with Crippen LogP contribution in [0.1, 0.15) is 39.0 Å². The van der Waals surface area contributed by atoms with Crippen LogP contribution in [0.25, 0.3) is 0 Å². The van der Waals surface area contributed by atoms with E-state index in [0.717, 1.165) is 38.8 Å². The Morgan fingerprint density at radius 1 is 1.43 bits per heavy atom. The van der Waals surface area contributed by atoms with Crippen LogP contribution in [0.2, 0.25) is 0 Å². The summed E-state index contributed by atoms with van der Waals surface area (Å²) in [6, 6.07) is 0.